The van der Waals surface area contributed by atoms with Crippen molar-refractivity contribution >= 4 is 11.8 Å². The zero-order chi connectivity index (χ0) is 10.4. The minimum atomic E-state index is -0.420. The van der Waals surface area contributed by atoms with Crippen LogP contribution in [-0.4, -0.2) is 35.3 Å². The highest BCUT2D eigenvalue weighted by Crippen LogP contribution is 2.26. The van der Waals surface area contributed by atoms with Crippen LogP contribution in [-0.2, 0) is 0 Å². The Bertz CT molecular complexity index is 157. The van der Waals surface area contributed by atoms with Gasteiger partial charge in [-0.2, -0.15) is 11.8 Å². The standard InChI is InChI=1S/C11H23NOS/c1-3-4-10(2)7-12-8-11(13)5-6-14-9-11/h10,12-13H,3-9H2,1-2H3. The number of thioether (sulfide) groups is 1. The van der Waals surface area contributed by atoms with Crippen molar-refractivity contribution < 1.29 is 5.11 Å². The predicted octanol–water partition coefficient (Wildman–Crippen LogP) is 1.88. The maximum Gasteiger partial charge on any atom is 0.0869 e. The number of rotatable bonds is 6. The largest absolute Gasteiger partial charge is 0.388 e. The summed E-state index contributed by atoms with van der Waals surface area (Å²) in [5, 5.41) is 13.4. The van der Waals surface area contributed by atoms with Gasteiger partial charge in [0.1, 0.15) is 0 Å². The molecule has 0 bridgehead atoms. The average molecular weight is 217 g/mol. The molecule has 0 aromatic rings. The average Bonchev–Trinajstić information content (AvgIpc) is 2.53. The summed E-state index contributed by atoms with van der Waals surface area (Å²) in [6.45, 7) is 6.30. The molecule has 1 saturated heterocycles. The molecule has 3 heteroatoms. The quantitative estimate of drug-likeness (QED) is 0.712. The fraction of sp³-hybridized carbons (Fsp3) is 1.00. The minimum Gasteiger partial charge on any atom is -0.388 e. The molecule has 2 unspecified atom stereocenters. The van der Waals surface area contributed by atoms with Crippen molar-refractivity contribution in [1.29, 1.82) is 0 Å². The van der Waals surface area contributed by atoms with Crippen LogP contribution in [0.3, 0.4) is 0 Å². The molecule has 84 valence electrons. The molecular formula is C11H23NOS. The van der Waals surface area contributed by atoms with E-state index < -0.39 is 5.60 Å². The first-order valence-electron chi connectivity index (χ1n) is 5.67. The molecule has 1 aliphatic rings. The minimum absolute atomic E-state index is 0.420. The molecule has 0 radical (unpaired) electrons. The topological polar surface area (TPSA) is 32.3 Å². The smallest absolute Gasteiger partial charge is 0.0869 e. The Balaban J connectivity index is 2.08. The van der Waals surface area contributed by atoms with E-state index in [0.717, 1.165) is 36.9 Å². The molecule has 1 fully saturated rings. The maximum absolute atomic E-state index is 10.1. The Hall–Kier alpha value is 0.270. The number of aliphatic hydroxyl groups is 1. The van der Waals surface area contributed by atoms with Gasteiger partial charge in [0.2, 0.25) is 0 Å². The van der Waals surface area contributed by atoms with E-state index in [1.165, 1.54) is 12.8 Å². The summed E-state index contributed by atoms with van der Waals surface area (Å²) >= 11 is 1.86. The highest BCUT2D eigenvalue weighted by Gasteiger charge is 2.30. The van der Waals surface area contributed by atoms with E-state index in [2.05, 4.69) is 19.2 Å². The highest BCUT2D eigenvalue weighted by atomic mass is 32.2. The van der Waals surface area contributed by atoms with Crippen molar-refractivity contribution in [2.24, 2.45) is 5.92 Å². The summed E-state index contributed by atoms with van der Waals surface area (Å²) in [6, 6.07) is 0. The van der Waals surface area contributed by atoms with Crippen LogP contribution >= 0.6 is 11.8 Å². The first kappa shape index (κ1) is 12.3. The van der Waals surface area contributed by atoms with Crippen molar-refractivity contribution in [3.8, 4) is 0 Å². The van der Waals surface area contributed by atoms with E-state index in [1.54, 1.807) is 0 Å². The van der Waals surface area contributed by atoms with Crippen molar-refractivity contribution in [3.05, 3.63) is 0 Å². The lowest BCUT2D eigenvalue weighted by Crippen LogP contribution is -2.41. The summed E-state index contributed by atoms with van der Waals surface area (Å²) in [6.07, 6.45) is 3.48. The van der Waals surface area contributed by atoms with Crippen LogP contribution in [0.5, 0.6) is 0 Å². The molecule has 1 aliphatic heterocycles. The molecule has 0 aromatic carbocycles. The molecule has 2 N–H and O–H groups in total. The van der Waals surface area contributed by atoms with E-state index in [9.17, 15) is 5.11 Å². The Morgan fingerprint density at radius 3 is 2.93 bits per heavy atom. The maximum atomic E-state index is 10.1. The molecule has 1 heterocycles. The van der Waals surface area contributed by atoms with Crippen LogP contribution in [0.15, 0.2) is 0 Å². The number of hydrogen-bond donors (Lipinski definition) is 2. The second-order valence-corrected chi connectivity index (χ2v) is 5.66. The van der Waals surface area contributed by atoms with Gasteiger partial charge >= 0.3 is 0 Å². The molecule has 0 spiro atoms. The molecular weight excluding hydrogens is 194 g/mol. The monoisotopic (exact) mass is 217 g/mol. The van der Waals surface area contributed by atoms with Gasteiger partial charge in [0.05, 0.1) is 5.60 Å². The van der Waals surface area contributed by atoms with Crippen LogP contribution in [0, 0.1) is 5.92 Å². The van der Waals surface area contributed by atoms with Crippen molar-refractivity contribution in [2.45, 2.75) is 38.7 Å². The summed E-state index contributed by atoms with van der Waals surface area (Å²) in [5.74, 6) is 2.75. The third kappa shape index (κ3) is 4.20. The first-order chi connectivity index (χ1) is 6.66. The zero-order valence-corrected chi connectivity index (χ0v) is 10.2. The number of hydrogen-bond acceptors (Lipinski definition) is 3. The Labute approximate surface area is 91.9 Å². The second-order valence-electron chi connectivity index (χ2n) is 4.55. The van der Waals surface area contributed by atoms with E-state index >= 15 is 0 Å². The van der Waals surface area contributed by atoms with Crippen molar-refractivity contribution in [3.63, 3.8) is 0 Å². The van der Waals surface area contributed by atoms with E-state index in [0.29, 0.717) is 0 Å². The predicted molar refractivity (Wildman–Crippen MR) is 63.8 cm³/mol. The van der Waals surface area contributed by atoms with Crippen molar-refractivity contribution in [1.82, 2.24) is 5.32 Å². The Morgan fingerprint density at radius 2 is 2.36 bits per heavy atom. The first-order valence-corrected chi connectivity index (χ1v) is 6.82. The summed E-state index contributed by atoms with van der Waals surface area (Å²) in [7, 11) is 0. The fourth-order valence-electron chi connectivity index (χ4n) is 1.88. The lowest BCUT2D eigenvalue weighted by atomic mass is 10.0. The van der Waals surface area contributed by atoms with Crippen LogP contribution < -0.4 is 5.32 Å². The molecule has 2 nitrogen and oxygen atoms in total. The summed E-state index contributed by atoms with van der Waals surface area (Å²) < 4.78 is 0. The van der Waals surface area contributed by atoms with E-state index in [1.807, 2.05) is 11.8 Å². The van der Waals surface area contributed by atoms with Crippen LogP contribution in [0.25, 0.3) is 0 Å². The zero-order valence-electron chi connectivity index (χ0n) is 9.38. The molecule has 14 heavy (non-hydrogen) atoms. The van der Waals surface area contributed by atoms with Gasteiger partial charge in [-0.25, -0.2) is 0 Å². The van der Waals surface area contributed by atoms with Crippen LogP contribution in [0.2, 0.25) is 0 Å². The third-order valence-corrected chi connectivity index (χ3v) is 4.05. The van der Waals surface area contributed by atoms with Gasteiger partial charge < -0.3 is 10.4 Å². The van der Waals surface area contributed by atoms with Gasteiger partial charge in [-0.3, -0.25) is 0 Å². The molecule has 2 atom stereocenters. The van der Waals surface area contributed by atoms with Gasteiger partial charge in [-0.15, -0.1) is 0 Å². The van der Waals surface area contributed by atoms with E-state index in [4.69, 9.17) is 0 Å². The van der Waals surface area contributed by atoms with E-state index in [-0.39, 0.29) is 0 Å². The molecule has 0 saturated carbocycles. The van der Waals surface area contributed by atoms with Crippen LogP contribution in [0.1, 0.15) is 33.1 Å². The molecule has 0 amide bonds. The SMILES string of the molecule is CCCC(C)CNCC1(O)CCSC1. The lowest BCUT2D eigenvalue weighted by Gasteiger charge is -2.22. The van der Waals surface area contributed by atoms with Gasteiger partial charge in [0.25, 0.3) is 0 Å². The molecule has 0 aromatic heterocycles. The Kier molecular flexibility index (Phi) is 5.28. The molecule has 0 aliphatic carbocycles. The lowest BCUT2D eigenvalue weighted by molar-refractivity contribution is 0.0669. The normalized spacial score (nSPS) is 29.4. The third-order valence-electron chi connectivity index (χ3n) is 2.81. The summed E-state index contributed by atoms with van der Waals surface area (Å²) in [5.41, 5.74) is -0.420. The fourth-order valence-corrected chi connectivity index (χ4v) is 3.18. The molecule has 1 rings (SSSR count). The van der Waals surface area contributed by atoms with Crippen molar-refractivity contribution in [2.75, 3.05) is 24.6 Å². The van der Waals surface area contributed by atoms with Gasteiger partial charge in [-0.05, 0) is 31.1 Å². The second kappa shape index (κ2) is 5.99. The van der Waals surface area contributed by atoms with Gasteiger partial charge in [0.15, 0.2) is 0 Å². The summed E-state index contributed by atoms with van der Waals surface area (Å²) in [4.78, 5) is 0. The number of nitrogens with one attached hydrogen (secondary N) is 1. The van der Waals surface area contributed by atoms with Crippen LogP contribution in [0.4, 0.5) is 0 Å². The van der Waals surface area contributed by atoms with Gasteiger partial charge in [0, 0.05) is 12.3 Å². The highest BCUT2D eigenvalue weighted by molar-refractivity contribution is 7.99. The van der Waals surface area contributed by atoms with Gasteiger partial charge in [-0.1, -0.05) is 20.3 Å². The Morgan fingerprint density at radius 1 is 1.57 bits per heavy atom.